The van der Waals surface area contributed by atoms with Crippen molar-refractivity contribution in [3.63, 3.8) is 0 Å². The molecule has 1 aliphatic heterocycles. The minimum Gasteiger partial charge on any atom is -0.476 e. The van der Waals surface area contributed by atoms with Crippen molar-refractivity contribution in [3.05, 3.63) is 88.7 Å². The molecule has 1 unspecified atom stereocenters. The Balaban J connectivity index is 1.16. The first-order valence-electron chi connectivity index (χ1n) is 16.0. The molecule has 46 heavy (non-hydrogen) atoms. The fourth-order valence-corrected chi connectivity index (χ4v) is 8.08. The van der Waals surface area contributed by atoms with Gasteiger partial charge >= 0.3 is 5.97 Å². The fraction of sp³-hybridized carbons (Fsp3) is 0.361. The van der Waals surface area contributed by atoms with E-state index in [1.54, 1.807) is 0 Å². The zero-order chi connectivity index (χ0) is 32.0. The smallest absolute Gasteiger partial charge is 0.355 e. The molecule has 2 N–H and O–H groups in total. The first kappa shape index (κ1) is 30.1. The number of carboxylic acids is 1. The number of pyridine rings is 1. The lowest BCUT2D eigenvalue weighted by Gasteiger charge is -2.37. The molecule has 1 fully saturated rings. The van der Waals surface area contributed by atoms with Gasteiger partial charge in [-0.2, -0.15) is 5.10 Å². The number of nitrogens with zero attached hydrogens (tertiary/aromatic N) is 5. The van der Waals surface area contributed by atoms with Crippen molar-refractivity contribution in [2.75, 3.05) is 16.8 Å². The van der Waals surface area contributed by atoms with Gasteiger partial charge in [0.25, 0.3) is 5.91 Å². The van der Waals surface area contributed by atoms with E-state index in [2.05, 4.69) is 28.2 Å². The number of aryl methyl sites for hydroxylation is 1. The van der Waals surface area contributed by atoms with Crippen LogP contribution < -0.4 is 10.2 Å². The molecule has 2 aliphatic rings. The van der Waals surface area contributed by atoms with Gasteiger partial charge in [0.2, 0.25) is 0 Å². The molecular formula is C36H38N6O3S. The summed E-state index contributed by atoms with van der Waals surface area (Å²) in [6.07, 6.45) is 6.84. The molecule has 7 rings (SSSR count). The van der Waals surface area contributed by atoms with E-state index in [4.69, 9.17) is 10.1 Å². The highest BCUT2D eigenvalue weighted by Crippen LogP contribution is 2.39. The van der Waals surface area contributed by atoms with E-state index in [1.165, 1.54) is 43.4 Å². The van der Waals surface area contributed by atoms with Gasteiger partial charge < -0.3 is 10.0 Å². The van der Waals surface area contributed by atoms with Gasteiger partial charge in [-0.25, -0.2) is 14.8 Å². The number of carbonyl (C=O) groups excluding carboxylic acids is 1. The minimum atomic E-state index is -1.09. The average Bonchev–Trinajstić information content (AvgIpc) is 3.62. The summed E-state index contributed by atoms with van der Waals surface area (Å²) in [6.45, 7) is 7.88. The summed E-state index contributed by atoms with van der Waals surface area (Å²) in [5.74, 6) is -0.747. The largest absolute Gasteiger partial charge is 0.476 e. The van der Waals surface area contributed by atoms with Gasteiger partial charge in [-0.3, -0.25) is 14.8 Å². The Bertz CT molecular complexity index is 1920. The average molecular weight is 635 g/mol. The quantitative estimate of drug-likeness (QED) is 0.187. The van der Waals surface area contributed by atoms with E-state index in [9.17, 15) is 14.7 Å². The lowest BCUT2D eigenvalue weighted by Crippen LogP contribution is -2.36. The number of thiazole rings is 1. The Morgan fingerprint density at radius 2 is 1.85 bits per heavy atom. The molecule has 1 atom stereocenters. The molecule has 1 saturated carbocycles. The molecule has 4 heterocycles. The van der Waals surface area contributed by atoms with Crippen LogP contribution in [0.5, 0.6) is 0 Å². The molecule has 1 amide bonds. The molecule has 236 valence electrons. The van der Waals surface area contributed by atoms with Crippen LogP contribution in [0.3, 0.4) is 0 Å². The van der Waals surface area contributed by atoms with Gasteiger partial charge in [0, 0.05) is 29.9 Å². The van der Waals surface area contributed by atoms with Gasteiger partial charge in [-0.05, 0) is 86.1 Å². The zero-order valence-electron chi connectivity index (χ0n) is 26.4. The van der Waals surface area contributed by atoms with Gasteiger partial charge in [0.05, 0.1) is 22.0 Å². The van der Waals surface area contributed by atoms with E-state index in [0.29, 0.717) is 40.7 Å². The van der Waals surface area contributed by atoms with Crippen molar-refractivity contribution in [2.45, 2.75) is 71.9 Å². The molecule has 3 aromatic heterocycles. The van der Waals surface area contributed by atoms with Gasteiger partial charge in [-0.1, -0.05) is 61.8 Å². The van der Waals surface area contributed by atoms with Crippen molar-refractivity contribution in [3.8, 4) is 11.3 Å². The summed E-state index contributed by atoms with van der Waals surface area (Å²) < 4.78 is 3.04. The number of anilines is 2. The number of nitrogens with one attached hydrogen (secondary N) is 1. The maximum absolute atomic E-state index is 13.6. The third kappa shape index (κ3) is 5.66. The Morgan fingerprint density at radius 1 is 1.04 bits per heavy atom. The van der Waals surface area contributed by atoms with Crippen LogP contribution in [0.2, 0.25) is 0 Å². The predicted octanol–water partition coefficient (Wildman–Crippen LogP) is 7.91. The Labute approximate surface area is 272 Å². The van der Waals surface area contributed by atoms with E-state index in [-0.39, 0.29) is 23.1 Å². The van der Waals surface area contributed by atoms with Crippen molar-refractivity contribution >= 4 is 44.4 Å². The predicted molar refractivity (Wildman–Crippen MR) is 182 cm³/mol. The molecule has 1 aliphatic carbocycles. The second-order valence-corrected chi connectivity index (χ2v) is 14.0. The van der Waals surface area contributed by atoms with Crippen LogP contribution >= 0.6 is 11.3 Å². The van der Waals surface area contributed by atoms with Crippen LogP contribution in [-0.2, 0) is 13.0 Å². The number of aromatic nitrogens is 4. The molecule has 5 aromatic rings. The Kier molecular flexibility index (Phi) is 7.84. The van der Waals surface area contributed by atoms with Crippen molar-refractivity contribution in [1.82, 2.24) is 19.7 Å². The van der Waals surface area contributed by atoms with Gasteiger partial charge in [0.15, 0.2) is 10.8 Å². The van der Waals surface area contributed by atoms with Crippen molar-refractivity contribution in [1.29, 1.82) is 0 Å². The van der Waals surface area contributed by atoms with Crippen LogP contribution in [-0.4, -0.2) is 43.3 Å². The number of hydrogen-bond donors (Lipinski definition) is 2. The molecule has 0 bridgehead atoms. The standard InChI is InChI=1S/C36H38N6O3S/c1-22-20-28(40-42(22)21-36(3)17-7-4-8-18-36)25-14-15-30(38-32(25)34(44)45)41-19-16-24-10-9-11-26(31(24)23(41)2)33(43)39-35-37-27-12-5-6-13-29(27)46-35/h5-6,9-15,20,23H,4,7-8,16-19,21H2,1-3H3,(H,44,45)(H,37,39,43). The number of hydrogen-bond acceptors (Lipinski definition) is 7. The maximum atomic E-state index is 13.6. The highest BCUT2D eigenvalue weighted by molar-refractivity contribution is 7.22. The van der Waals surface area contributed by atoms with Crippen LogP contribution in [0.4, 0.5) is 10.9 Å². The molecule has 0 radical (unpaired) electrons. The van der Waals surface area contributed by atoms with E-state index in [0.717, 1.165) is 33.6 Å². The molecular weight excluding hydrogens is 597 g/mol. The number of aromatic carboxylic acids is 1. The topological polar surface area (TPSA) is 113 Å². The highest BCUT2D eigenvalue weighted by atomic mass is 32.1. The molecule has 0 saturated heterocycles. The normalized spacial score (nSPS) is 17.5. The first-order chi connectivity index (χ1) is 22.2. The molecule has 2 aromatic carbocycles. The first-order valence-corrected chi connectivity index (χ1v) is 16.9. The summed E-state index contributed by atoms with van der Waals surface area (Å²) in [7, 11) is 0. The summed E-state index contributed by atoms with van der Waals surface area (Å²) in [6, 6.07) is 19.1. The number of para-hydroxylation sites is 1. The third-order valence-electron chi connectivity index (χ3n) is 9.69. The maximum Gasteiger partial charge on any atom is 0.355 e. The lowest BCUT2D eigenvalue weighted by atomic mass is 9.76. The monoisotopic (exact) mass is 634 g/mol. The summed E-state index contributed by atoms with van der Waals surface area (Å²) in [5.41, 5.74) is 5.77. The van der Waals surface area contributed by atoms with Crippen LogP contribution in [0.25, 0.3) is 21.5 Å². The van der Waals surface area contributed by atoms with Crippen LogP contribution in [0.1, 0.15) is 89.7 Å². The molecule has 0 spiro atoms. The second-order valence-electron chi connectivity index (χ2n) is 13.0. The summed E-state index contributed by atoms with van der Waals surface area (Å²) in [4.78, 5) is 37.5. The molecule has 9 nitrogen and oxygen atoms in total. The summed E-state index contributed by atoms with van der Waals surface area (Å²) >= 11 is 1.44. The number of carbonyl (C=O) groups is 2. The second kappa shape index (κ2) is 12.0. The number of carboxylic acid groups (broad SMARTS) is 1. The minimum absolute atomic E-state index is 0.0223. The molecule has 10 heteroatoms. The lowest BCUT2D eigenvalue weighted by molar-refractivity contribution is 0.0691. The van der Waals surface area contributed by atoms with Crippen LogP contribution in [0.15, 0.2) is 60.7 Å². The number of amides is 1. The Morgan fingerprint density at radius 3 is 2.63 bits per heavy atom. The number of rotatable bonds is 7. The van der Waals surface area contributed by atoms with Crippen molar-refractivity contribution in [2.24, 2.45) is 5.41 Å². The SMILES string of the molecule is Cc1cc(-c2ccc(N3CCc4cccc(C(=O)Nc5nc6ccccc6s5)c4C3C)nc2C(=O)O)nn1CC1(C)CCCCC1. The van der Waals surface area contributed by atoms with E-state index >= 15 is 0 Å². The van der Waals surface area contributed by atoms with Crippen molar-refractivity contribution < 1.29 is 14.7 Å². The van der Waals surface area contributed by atoms with E-state index < -0.39 is 5.97 Å². The number of fused-ring (bicyclic) bond motifs is 2. The van der Waals surface area contributed by atoms with E-state index in [1.807, 2.05) is 73.1 Å². The van der Waals surface area contributed by atoms with Crippen LogP contribution in [0, 0.1) is 12.3 Å². The highest BCUT2D eigenvalue weighted by Gasteiger charge is 2.31. The number of benzene rings is 2. The fourth-order valence-electron chi connectivity index (χ4n) is 7.22. The summed E-state index contributed by atoms with van der Waals surface area (Å²) in [5, 5.41) is 18.7. The Hall–Kier alpha value is -4.57. The third-order valence-corrected chi connectivity index (χ3v) is 10.6. The van der Waals surface area contributed by atoms with Gasteiger partial charge in [-0.15, -0.1) is 0 Å². The van der Waals surface area contributed by atoms with Gasteiger partial charge in [0.1, 0.15) is 5.82 Å². The zero-order valence-corrected chi connectivity index (χ0v) is 27.2.